The van der Waals surface area contributed by atoms with Crippen molar-refractivity contribution in [2.75, 3.05) is 23.3 Å². The van der Waals surface area contributed by atoms with Gasteiger partial charge in [-0.25, -0.2) is 0 Å². The van der Waals surface area contributed by atoms with Crippen molar-refractivity contribution >= 4 is 39.9 Å². The van der Waals surface area contributed by atoms with E-state index in [1.165, 1.54) is 0 Å². The SMILES string of the molecule is CCN(CC)c1ccc(-n2nc3cc(C)c(NC(=O)c4ccc(-c5cccc(Cl)c5)o4)cc3n2)cc1. The quantitative estimate of drug-likeness (QED) is 0.268. The zero-order valence-corrected chi connectivity index (χ0v) is 21.1. The second kappa shape index (κ2) is 9.87. The smallest absolute Gasteiger partial charge is 0.291 e. The first-order valence-corrected chi connectivity index (χ1v) is 12.2. The van der Waals surface area contributed by atoms with E-state index in [2.05, 4.69) is 46.4 Å². The monoisotopic (exact) mass is 499 g/mol. The molecule has 0 radical (unpaired) electrons. The molecule has 0 saturated heterocycles. The molecule has 0 spiro atoms. The summed E-state index contributed by atoms with van der Waals surface area (Å²) in [5.41, 5.74) is 5.80. The zero-order chi connectivity index (χ0) is 25.2. The number of anilines is 2. The van der Waals surface area contributed by atoms with Crippen molar-refractivity contribution in [2.24, 2.45) is 0 Å². The van der Waals surface area contributed by atoms with Crippen LogP contribution in [0.2, 0.25) is 5.02 Å². The van der Waals surface area contributed by atoms with Gasteiger partial charge in [0, 0.05) is 35.1 Å². The molecule has 5 rings (SSSR count). The second-order valence-electron chi connectivity index (χ2n) is 8.46. The Hall–Kier alpha value is -4.10. The van der Waals surface area contributed by atoms with E-state index >= 15 is 0 Å². The molecule has 5 aromatic rings. The lowest BCUT2D eigenvalue weighted by Crippen LogP contribution is -2.21. The van der Waals surface area contributed by atoms with E-state index < -0.39 is 0 Å². The van der Waals surface area contributed by atoms with E-state index in [1.54, 1.807) is 29.1 Å². The highest BCUT2D eigenvalue weighted by Gasteiger charge is 2.16. The Kier molecular flexibility index (Phi) is 6.48. The van der Waals surface area contributed by atoms with Crippen LogP contribution in [0.15, 0.2) is 77.2 Å². The average Bonchev–Trinajstić information content (AvgIpc) is 3.53. The summed E-state index contributed by atoms with van der Waals surface area (Å²) >= 11 is 6.07. The van der Waals surface area contributed by atoms with Crippen molar-refractivity contribution in [2.45, 2.75) is 20.8 Å². The molecule has 1 N–H and O–H groups in total. The highest BCUT2D eigenvalue weighted by Crippen LogP contribution is 2.27. The summed E-state index contributed by atoms with van der Waals surface area (Å²) in [6.45, 7) is 8.11. The fourth-order valence-electron chi connectivity index (χ4n) is 4.14. The molecule has 8 heteroatoms. The number of furan rings is 1. The molecule has 36 heavy (non-hydrogen) atoms. The van der Waals surface area contributed by atoms with Gasteiger partial charge < -0.3 is 14.6 Å². The number of hydrogen-bond acceptors (Lipinski definition) is 5. The standard InChI is InChI=1S/C28H26ClN5O2/c1-4-33(5-2)21-9-11-22(12-10-21)34-31-24-15-18(3)23(17-25(24)32-34)30-28(35)27-14-13-26(36-27)19-7-6-8-20(29)16-19/h6-17H,4-5H2,1-3H3,(H,30,35). The number of hydrogen-bond donors (Lipinski definition) is 1. The molecule has 2 heterocycles. The maximum Gasteiger partial charge on any atom is 0.291 e. The van der Waals surface area contributed by atoms with E-state index in [0.717, 1.165) is 41.1 Å². The molecular weight excluding hydrogens is 474 g/mol. The Morgan fingerprint density at radius 2 is 1.69 bits per heavy atom. The van der Waals surface area contributed by atoms with Gasteiger partial charge in [0.25, 0.3) is 5.91 Å². The Morgan fingerprint density at radius 3 is 2.39 bits per heavy atom. The maximum absolute atomic E-state index is 12.9. The first-order valence-electron chi connectivity index (χ1n) is 11.9. The summed E-state index contributed by atoms with van der Waals surface area (Å²) in [6, 6.07) is 22.6. The number of benzene rings is 3. The van der Waals surface area contributed by atoms with E-state index in [-0.39, 0.29) is 11.7 Å². The van der Waals surface area contributed by atoms with Gasteiger partial charge in [0.1, 0.15) is 16.8 Å². The molecule has 2 aromatic heterocycles. The number of nitrogens with zero attached hydrogens (tertiary/aromatic N) is 4. The van der Waals surface area contributed by atoms with Crippen molar-refractivity contribution in [3.63, 3.8) is 0 Å². The van der Waals surface area contributed by atoms with Crippen LogP contribution >= 0.6 is 11.6 Å². The largest absolute Gasteiger partial charge is 0.451 e. The highest BCUT2D eigenvalue weighted by molar-refractivity contribution is 6.30. The highest BCUT2D eigenvalue weighted by atomic mass is 35.5. The van der Waals surface area contributed by atoms with Crippen molar-refractivity contribution in [3.05, 3.63) is 89.1 Å². The lowest BCUT2D eigenvalue weighted by molar-refractivity contribution is 0.0997. The van der Waals surface area contributed by atoms with Gasteiger partial charge in [-0.2, -0.15) is 4.80 Å². The Balaban J connectivity index is 1.37. The molecule has 0 fully saturated rings. The zero-order valence-electron chi connectivity index (χ0n) is 20.3. The third-order valence-corrected chi connectivity index (χ3v) is 6.36. The molecule has 0 bridgehead atoms. The van der Waals surface area contributed by atoms with Gasteiger partial charge in [0.05, 0.1) is 5.69 Å². The first kappa shape index (κ1) is 23.6. The molecule has 3 aromatic carbocycles. The Morgan fingerprint density at radius 1 is 0.972 bits per heavy atom. The van der Waals surface area contributed by atoms with Crippen LogP contribution in [0.25, 0.3) is 28.0 Å². The normalized spacial score (nSPS) is 11.1. The summed E-state index contributed by atoms with van der Waals surface area (Å²) in [4.78, 5) is 16.8. The molecule has 7 nitrogen and oxygen atoms in total. The number of rotatable bonds is 7. The third kappa shape index (κ3) is 4.70. The van der Waals surface area contributed by atoms with Crippen LogP contribution in [-0.2, 0) is 0 Å². The van der Waals surface area contributed by atoms with Gasteiger partial charge in [-0.3, -0.25) is 4.79 Å². The number of halogens is 1. The first-order chi connectivity index (χ1) is 17.4. The Labute approximate surface area is 214 Å². The van der Waals surface area contributed by atoms with Crippen LogP contribution in [0, 0.1) is 6.92 Å². The molecule has 0 aliphatic rings. The molecule has 0 unspecified atom stereocenters. The molecular formula is C28H26ClN5O2. The van der Waals surface area contributed by atoms with Gasteiger partial charge in [-0.15, -0.1) is 10.2 Å². The van der Waals surface area contributed by atoms with E-state index in [9.17, 15) is 4.79 Å². The lowest BCUT2D eigenvalue weighted by Gasteiger charge is -2.20. The van der Waals surface area contributed by atoms with Gasteiger partial charge >= 0.3 is 0 Å². The van der Waals surface area contributed by atoms with Crippen LogP contribution in [0.5, 0.6) is 0 Å². The summed E-state index contributed by atoms with van der Waals surface area (Å²) in [7, 11) is 0. The molecule has 0 aliphatic carbocycles. The number of carbonyl (C=O) groups excluding carboxylic acids is 1. The van der Waals surface area contributed by atoms with Gasteiger partial charge in [0.15, 0.2) is 5.76 Å². The lowest BCUT2D eigenvalue weighted by atomic mass is 10.1. The minimum atomic E-state index is -0.342. The van der Waals surface area contributed by atoms with Crippen LogP contribution in [0.4, 0.5) is 11.4 Å². The van der Waals surface area contributed by atoms with Gasteiger partial charge in [-0.1, -0.05) is 23.7 Å². The van der Waals surface area contributed by atoms with E-state index in [4.69, 9.17) is 16.0 Å². The minimum absolute atomic E-state index is 0.210. The summed E-state index contributed by atoms with van der Waals surface area (Å²) in [6.07, 6.45) is 0. The van der Waals surface area contributed by atoms with Crippen LogP contribution in [0.1, 0.15) is 30.0 Å². The predicted octanol–water partition coefficient (Wildman–Crippen LogP) is 6.74. The summed E-state index contributed by atoms with van der Waals surface area (Å²) in [5, 5.41) is 12.8. The second-order valence-corrected chi connectivity index (χ2v) is 8.90. The third-order valence-electron chi connectivity index (χ3n) is 6.12. The number of aryl methyl sites for hydroxylation is 1. The van der Waals surface area contributed by atoms with Gasteiger partial charge in [0.2, 0.25) is 0 Å². The number of amides is 1. The fourth-order valence-corrected chi connectivity index (χ4v) is 4.33. The minimum Gasteiger partial charge on any atom is -0.451 e. The molecule has 0 saturated carbocycles. The predicted molar refractivity (Wildman–Crippen MR) is 144 cm³/mol. The molecule has 182 valence electrons. The van der Waals surface area contributed by atoms with Crippen molar-refractivity contribution in [1.29, 1.82) is 0 Å². The molecule has 0 atom stereocenters. The number of fused-ring (bicyclic) bond motifs is 1. The van der Waals surface area contributed by atoms with Crippen LogP contribution in [0.3, 0.4) is 0 Å². The fraction of sp³-hybridized carbons (Fsp3) is 0.179. The topological polar surface area (TPSA) is 76.2 Å². The number of carbonyl (C=O) groups is 1. The Bertz CT molecular complexity index is 1530. The van der Waals surface area contributed by atoms with Crippen molar-refractivity contribution in [1.82, 2.24) is 15.0 Å². The van der Waals surface area contributed by atoms with E-state index in [0.29, 0.717) is 22.0 Å². The molecule has 1 amide bonds. The van der Waals surface area contributed by atoms with Crippen molar-refractivity contribution in [3.8, 4) is 17.0 Å². The summed E-state index contributed by atoms with van der Waals surface area (Å²) < 4.78 is 5.78. The van der Waals surface area contributed by atoms with Crippen molar-refractivity contribution < 1.29 is 9.21 Å². The van der Waals surface area contributed by atoms with Gasteiger partial charge in [-0.05, 0) is 87.0 Å². The number of nitrogens with one attached hydrogen (secondary N) is 1. The molecule has 0 aliphatic heterocycles. The maximum atomic E-state index is 12.9. The van der Waals surface area contributed by atoms with Crippen LogP contribution < -0.4 is 10.2 Å². The van der Waals surface area contributed by atoms with E-state index in [1.807, 2.05) is 43.3 Å². The summed E-state index contributed by atoms with van der Waals surface area (Å²) in [5.74, 6) is 0.441. The number of aromatic nitrogens is 3. The average molecular weight is 500 g/mol. The van der Waals surface area contributed by atoms with Crippen LogP contribution in [-0.4, -0.2) is 34.0 Å².